The maximum Gasteiger partial charge on any atom is 0.324 e. The Kier molecular flexibility index (Phi) is 11.4. The van der Waals surface area contributed by atoms with Gasteiger partial charge in [-0.05, 0) is 25.3 Å². The second-order valence-corrected chi connectivity index (χ2v) is 14.1. The molecule has 4 aromatic rings. The molecule has 0 radical (unpaired) electrons. The molecule has 6 rings (SSSR count). The lowest BCUT2D eigenvalue weighted by molar-refractivity contribution is -0.130. The number of imide groups is 1. The molecule has 2 saturated heterocycles. The normalized spacial score (nSPS) is 17.7. The predicted octanol–water partition coefficient (Wildman–Crippen LogP) is 4.71. The van der Waals surface area contributed by atoms with Crippen molar-refractivity contribution in [2.24, 2.45) is 11.7 Å². The van der Waals surface area contributed by atoms with Crippen LogP contribution in [0.1, 0.15) is 37.6 Å². The van der Waals surface area contributed by atoms with E-state index in [1.165, 1.54) is 14.2 Å². The van der Waals surface area contributed by atoms with Gasteiger partial charge >= 0.3 is 6.03 Å². The van der Waals surface area contributed by atoms with Crippen molar-refractivity contribution in [3.63, 3.8) is 0 Å². The number of methoxy groups -OCH3 is 2. The number of carbonyl (C=O) groups is 3. The highest BCUT2D eigenvalue weighted by atomic mass is 35.5. The molecule has 0 aliphatic carbocycles. The number of halogens is 2. The van der Waals surface area contributed by atoms with E-state index >= 15 is 0 Å². The number of likely N-dealkylation sites (N-methyl/N-ethyl adjacent to an activating group) is 1. The minimum atomic E-state index is -0.924. The average Bonchev–Trinajstić information content (AvgIpc) is 3.65. The van der Waals surface area contributed by atoms with E-state index in [2.05, 4.69) is 20.6 Å². The largest absolute Gasteiger partial charge is 0.480 e. The summed E-state index contributed by atoms with van der Waals surface area (Å²) in [6.45, 7) is 4.50. The second-order valence-electron chi connectivity index (χ2n) is 13.3. The van der Waals surface area contributed by atoms with Gasteiger partial charge in [-0.15, -0.1) is 0 Å². The first-order valence-corrected chi connectivity index (χ1v) is 17.9. The quantitative estimate of drug-likeness (QED) is 0.152. The molecule has 4 amide bonds. The van der Waals surface area contributed by atoms with Crippen LogP contribution < -0.4 is 25.8 Å². The van der Waals surface area contributed by atoms with E-state index in [4.69, 9.17) is 48.4 Å². The fourth-order valence-corrected chi connectivity index (χ4v) is 7.33. The average molecular weight is 763 g/mol. The summed E-state index contributed by atoms with van der Waals surface area (Å²) in [7, 11) is 4.55. The topological polar surface area (TPSA) is 178 Å². The van der Waals surface area contributed by atoms with Gasteiger partial charge in [-0.25, -0.2) is 14.8 Å². The highest BCUT2D eigenvalue weighted by Crippen LogP contribution is 2.42. The third kappa shape index (κ3) is 7.91. The molecule has 2 aromatic heterocycles. The number of likely N-dealkylation sites (tertiary alicyclic amines) is 1. The van der Waals surface area contributed by atoms with Crippen molar-refractivity contribution >= 4 is 41.0 Å². The molecular weight excluding hydrogens is 721 g/mol. The molecule has 53 heavy (non-hydrogen) atoms. The number of hydrogen-bond acceptors (Lipinski definition) is 11. The lowest BCUT2D eigenvalue weighted by atomic mass is 9.98. The van der Waals surface area contributed by atoms with Crippen molar-refractivity contribution in [3.05, 3.63) is 70.2 Å². The van der Waals surface area contributed by atoms with Crippen molar-refractivity contribution in [3.8, 4) is 45.4 Å². The van der Waals surface area contributed by atoms with Gasteiger partial charge < -0.3 is 25.8 Å². The highest BCUT2D eigenvalue weighted by Gasteiger charge is 2.53. The maximum atomic E-state index is 12.8. The molecule has 2 aliphatic heterocycles. The van der Waals surface area contributed by atoms with E-state index in [0.717, 1.165) is 4.90 Å². The summed E-state index contributed by atoms with van der Waals surface area (Å²) >= 11 is 14.1. The van der Waals surface area contributed by atoms with Crippen LogP contribution in [-0.2, 0) is 22.7 Å². The van der Waals surface area contributed by atoms with Crippen LogP contribution in [0, 0.1) is 5.92 Å². The SMILES string of the molecule is COc1nc(-c2cccc(-c3cccc(-c4cnc(CN5CCC6(C5)NC(=O)N(C)C6=O)c(OC)n4)c3Cl)c2Cl)cnc1CNC[C@@H](C)CCC(N)=O. The fourth-order valence-electron chi connectivity index (χ4n) is 6.68. The molecule has 4 heterocycles. The van der Waals surface area contributed by atoms with E-state index in [1.54, 1.807) is 19.5 Å². The molecule has 2 aromatic carbocycles. The Morgan fingerprint density at radius 2 is 1.53 bits per heavy atom. The van der Waals surface area contributed by atoms with Crippen LogP contribution in [0.15, 0.2) is 48.8 Å². The molecule has 0 bridgehead atoms. The zero-order valence-electron chi connectivity index (χ0n) is 29.9. The molecule has 14 nitrogen and oxygen atoms in total. The highest BCUT2D eigenvalue weighted by molar-refractivity contribution is 6.39. The van der Waals surface area contributed by atoms with Gasteiger partial charge in [0.25, 0.3) is 5.91 Å². The molecule has 0 saturated carbocycles. The zero-order valence-corrected chi connectivity index (χ0v) is 31.4. The summed E-state index contributed by atoms with van der Waals surface area (Å²) in [6.07, 6.45) is 4.85. The van der Waals surface area contributed by atoms with Gasteiger partial charge in [-0.2, -0.15) is 0 Å². The fraction of sp³-hybridized carbons (Fsp3) is 0.378. The Balaban J connectivity index is 1.20. The number of aromatic nitrogens is 4. The summed E-state index contributed by atoms with van der Waals surface area (Å²) in [5.41, 5.74) is 9.26. The third-order valence-corrected chi connectivity index (χ3v) is 10.4. The predicted molar refractivity (Wildman–Crippen MR) is 200 cm³/mol. The van der Waals surface area contributed by atoms with Crippen molar-refractivity contribution in [1.29, 1.82) is 0 Å². The standard InChI is InChI=1S/C37H41Cl2N9O5/c1-21(11-12-30(40)49)15-41-16-28-33(52-3)44-26(17-42-28)24-9-5-7-22(31(24)38)23-8-6-10-25(32(23)39)27-18-43-29(34(45-27)53-4)19-48-14-13-37(20-48)35(50)47(2)36(51)46-37/h5-10,17-18,21,41H,11-16,19-20H2,1-4H3,(H2,40,49)(H,46,51)/t21-,37?/m0/s1. The van der Waals surface area contributed by atoms with Crippen LogP contribution in [-0.4, -0.2) is 94.0 Å². The smallest absolute Gasteiger partial charge is 0.324 e. The van der Waals surface area contributed by atoms with Crippen LogP contribution in [0.3, 0.4) is 0 Å². The number of nitrogens with zero attached hydrogens (tertiary/aromatic N) is 6. The minimum Gasteiger partial charge on any atom is -0.480 e. The van der Waals surface area contributed by atoms with E-state index in [0.29, 0.717) is 119 Å². The number of nitrogens with two attached hydrogens (primary N) is 1. The van der Waals surface area contributed by atoms with Gasteiger partial charge in [0.15, 0.2) is 0 Å². The molecule has 1 spiro atoms. The molecule has 2 aliphatic rings. The van der Waals surface area contributed by atoms with Gasteiger partial charge in [-0.3, -0.25) is 29.4 Å². The van der Waals surface area contributed by atoms with E-state index < -0.39 is 5.54 Å². The lowest BCUT2D eigenvalue weighted by Gasteiger charge is -2.21. The molecule has 16 heteroatoms. The molecular formula is C37H41Cl2N9O5. The minimum absolute atomic E-state index is 0.228. The number of amides is 4. The number of hydrogen-bond donors (Lipinski definition) is 3. The summed E-state index contributed by atoms with van der Waals surface area (Å²) < 4.78 is 11.2. The number of carbonyl (C=O) groups excluding carboxylic acids is 3. The van der Waals surface area contributed by atoms with E-state index in [1.807, 2.05) is 48.2 Å². The molecule has 278 valence electrons. The number of urea groups is 1. The van der Waals surface area contributed by atoms with Crippen LogP contribution in [0.25, 0.3) is 33.6 Å². The monoisotopic (exact) mass is 761 g/mol. The number of nitrogens with one attached hydrogen (secondary N) is 2. The van der Waals surface area contributed by atoms with Crippen LogP contribution in [0.5, 0.6) is 11.8 Å². The van der Waals surface area contributed by atoms with Crippen molar-refractivity contribution in [1.82, 2.24) is 40.4 Å². The number of primary amides is 1. The van der Waals surface area contributed by atoms with Crippen LogP contribution in [0.2, 0.25) is 10.0 Å². The van der Waals surface area contributed by atoms with Gasteiger partial charge in [0, 0.05) is 61.9 Å². The van der Waals surface area contributed by atoms with E-state index in [9.17, 15) is 14.4 Å². The first-order chi connectivity index (χ1) is 25.4. The van der Waals surface area contributed by atoms with Crippen molar-refractivity contribution in [2.75, 3.05) is 40.9 Å². The number of ether oxygens (including phenoxy) is 2. The van der Waals surface area contributed by atoms with Crippen LogP contribution >= 0.6 is 23.2 Å². The first-order valence-electron chi connectivity index (χ1n) is 17.1. The Hall–Kier alpha value is -4.89. The first kappa shape index (κ1) is 37.9. The Morgan fingerprint density at radius 3 is 2.08 bits per heavy atom. The van der Waals surface area contributed by atoms with Gasteiger partial charge in [-0.1, -0.05) is 66.5 Å². The van der Waals surface area contributed by atoms with Gasteiger partial charge in [0.2, 0.25) is 17.7 Å². The molecule has 4 N–H and O–H groups in total. The number of rotatable bonds is 14. The number of benzene rings is 2. The maximum absolute atomic E-state index is 12.8. The van der Waals surface area contributed by atoms with Crippen LogP contribution in [0.4, 0.5) is 4.79 Å². The third-order valence-electron chi connectivity index (χ3n) is 9.60. The Labute approximate surface area is 317 Å². The Morgan fingerprint density at radius 1 is 0.962 bits per heavy atom. The molecule has 2 fully saturated rings. The second kappa shape index (κ2) is 16.0. The van der Waals surface area contributed by atoms with Crippen molar-refractivity contribution in [2.45, 2.75) is 44.8 Å². The van der Waals surface area contributed by atoms with E-state index in [-0.39, 0.29) is 23.8 Å². The summed E-state index contributed by atoms with van der Waals surface area (Å²) in [4.78, 5) is 58.0. The van der Waals surface area contributed by atoms with Gasteiger partial charge in [0.1, 0.15) is 16.9 Å². The summed E-state index contributed by atoms with van der Waals surface area (Å²) in [5.74, 6) is 0.419. The molecule has 1 unspecified atom stereocenters. The lowest BCUT2D eigenvalue weighted by Crippen LogP contribution is -2.49. The van der Waals surface area contributed by atoms with Crippen molar-refractivity contribution < 1.29 is 23.9 Å². The Bertz CT molecular complexity index is 2050. The van der Waals surface area contributed by atoms with Gasteiger partial charge in [0.05, 0.1) is 48.0 Å². The zero-order chi connectivity index (χ0) is 37.9. The summed E-state index contributed by atoms with van der Waals surface area (Å²) in [5, 5.41) is 7.05. The molecule has 2 atom stereocenters. The summed E-state index contributed by atoms with van der Waals surface area (Å²) in [6, 6.07) is 10.8.